The van der Waals surface area contributed by atoms with Gasteiger partial charge in [0.05, 0.1) is 0 Å². The average Bonchev–Trinajstić information content (AvgIpc) is 2.17. The molecule has 5 nitrogen and oxygen atoms in total. The minimum absolute atomic E-state index is 0.590. The van der Waals surface area contributed by atoms with Gasteiger partial charge in [0.2, 0.25) is 0 Å². The van der Waals surface area contributed by atoms with Gasteiger partial charge in [-0.05, 0) is 12.1 Å². The Bertz CT molecular complexity index is 445. The van der Waals surface area contributed by atoms with Gasteiger partial charge in [-0.15, -0.1) is 0 Å². The van der Waals surface area contributed by atoms with Crippen LogP contribution in [-0.2, 0) is 10.5 Å². The number of hydrogen-bond donors (Lipinski definition) is 0. The minimum atomic E-state index is -2.71. The fraction of sp³-hybridized carbons (Fsp3) is 0.125. The molecule has 0 atom stereocenters. The molecule has 1 aromatic rings. The first-order valence-corrected chi connectivity index (χ1v) is 4.78. The fourth-order valence-electron chi connectivity index (χ4n) is 0.887. The first-order valence-electron chi connectivity index (χ1n) is 3.75. The standard InChI is InChI=1S/C8H8N2O3S/c1-10(8(11)9-14(12)13)7-5-3-2-4-6-7/h2-6H,1H3. The lowest BCUT2D eigenvalue weighted by molar-refractivity contribution is 0.255. The molecular formula is C8H8N2O3S. The Morgan fingerprint density at radius 2 is 1.86 bits per heavy atom. The van der Waals surface area contributed by atoms with Gasteiger partial charge in [-0.1, -0.05) is 22.6 Å². The summed E-state index contributed by atoms with van der Waals surface area (Å²) in [5.41, 5.74) is 0.590. The van der Waals surface area contributed by atoms with Crippen LogP contribution in [0.4, 0.5) is 10.5 Å². The maximum absolute atomic E-state index is 11.1. The van der Waals surface area contributed by atoms with E-state index in [0.717, 1.165) is 4.90 Å². The van der Waals surface area contributed by atoms with Gasteiger partial charge < -0.3 is 0 Å². The second kappa shape index (κ2) is 4.52. The molecule has 0 saturated heterocycles. The Balaban J connectivity index is 2.92. The minimum Gasteiger partial charge on any atom is -0.295 e. The molecule has 2 amide bonds. The van der Waals surface area contributed by atoms with Gasteiger partial charge in [0.25, 0.3) is 0 Å². The molecule has 74 valence electrons. The van der Waals surface area contributed by atoms with E-state index in [1.807, 2.05) is 0 Å². The number of amides is 2. The number of carbonyl (C=O) groups excluding carboxylic acids is 1. The number of anilines is 1. The Morgan fingerprint density at radius 1 is 1.29 bits per heavy atom. The van der Waals surface area contributed by atoms with Gasteiger partial charge in [-0.3, -0.25) is 4.90 Å². The van der Waals surface area contributed by atoms with Crippen LogP contribution < -0.4 is 4.90 Å². The smallest absolute Gasteiger partial charge is 0.295 e. The van der Waals surface area contributed by atoms with E-state index in [4.69, 9.17) is 0 Å². The number of para-hydroxylation sites is 1. The summed E-state index contributed by atoms with van der Waals surface area (Å²) < 4.78 is 23.1. The lowest BCUT2D eigenvalue weighted by Crippen LogP contribution is -2.22. The zero-order chi connectivity index (χ0) is 10.6. The summed E-state index contributed by atoms with van der Waals surface area (Å²) in [6, 6.07) is 7.83. The number of hydrogen-bond acceptors (Lipinski definition) is 3. The Morgan fingerprint density at radius 3 is 2.36 bits per heavy atom. The summed E-state index contributed by atoms with van der Waals surface area (Å²) in [5.74, 6) is 0. The normalized spacial score (nSPS) is 9.21. The van der Waals surface area contributed by atoms with Crippen LogP contribution >= 0.6 is 0 Å². The molecule has 0 saturated carbocycles. The molecule has 0 N–H and O–H groups in total. The van der Waals surface area contributed by atoms with Crippen LogP contribution in [0.1, 0.15) is 0 Å². The van der Waals surface area contributed by atoms with Gasteiger partial charge in [0, 0.05) is 12.7 Å². The molecule has 0 fully saturated rings. The third-order valence-corrected chi connectivity index (χ3v) is 1.89. The highest BCUT2D eigenvalue weighted by Crippen LogP contribution is 2.11. The van der Waals surface area contributed by atoms with Crippen LogP contribution in [0.5, 0.6) is 0 Å². The number of urea groups is 1. The van der Waals surface area contributed by atoms with E-state index < -0.39 is 16.5 Å². The summed E-state index contributed by atoms with van der Waals surface area (Å²) in [5, 5.41) is 0. The van der Waals surface area contributed by atoms with Crippen molar-refractivity contribution in [3.63, 3.8) is 0 Å². The molecule has 14 heavy (non-hydrogen) atoms. The summed E-state index contributed by atoms with van der Waals surface area (Å²) >= 11 is 0. The highest BCUT2D eigenvalue weighted by atomic mass is 32.2. The number of rotatable bonds is 1. The van der Waals surface area contributed by atoms with Crippen LogP contribution in [0.2, 0.25) is 0 Å². The van der Waals surface area contributed by atoms with Gasteiger partial charge in [0.1, 0.15) is 0 Å². The fourth-order valence-corrected chi connectivity index (χ4v) is 1.14. The zero-order valence-electron chi connectivity index (χ0n) is 7.41. The first kappa shape index (κ1) is 10.4. The molecule has 1 rings (SSSR count). The van der Waals surface area contributed by atoms with Crippen molar-refractivity contribution in [2.75, 3.05) is 11.9 Å². The summed E-state index contributed by atoms with van der Waals surface area (Å²) in [4.78, 5) is 12.3. The van der Waals surface area contributed by atoms with Crippen LogP contribution in [-0.4, -0.2) is 21.5 Å². The van der Waals surface area contributed by atoms with E-state index in [9.17, 15) is 13.2 Å². The quantitative estimate of drug-likeness (QED) is 0.704. The molecule has 0 aliphatic heterocycles. The van der Waals surface area contributed by atoms with Crippen molar-refractivity contribution < 1.29 is 13.2 Å². The predicted molar refractivity (Wildman–Crippen MR) is 51.6 cm³/mol. The second-order valence-electron chi connectivity index (χ2n) is 2.49. The van der Waals surface area contributed by atoms with Crippen LogP contribution in [0.25, 0.3) is 0 Å². The Kier molecular flexibility index (Phi) is 3.35. The van der Waals surface area contributed by atoms with Crippen molar-refractivity contribution in [2.24, 2.45) is 4.36 Å². The van der Waals surface area contributed by atoms with Crippen LogP contribution in [0, 0.1) is 0 Å². The van der Waals surface area contributed by atoms with Crippen molar-refractivity contribution >= 4 is 22.2 Å². The van der Waals surface area contributed by atoms with Gasteiger partial charge >= 0.3 is 16.5 Å². The average molecular weight is 212 g/mol. The molecule has 0 bridgehead atoms. The largest absolute Gasteiger partial charge is 0.362 e. The SMILES string of the molecule is CN(C(=O)N=S(=O)=O)c1ccccc1. The van der Waals surface area contributed by atoms with Gasteiger partial charge in [-0.25, -0.2) is 4.79 Å². The van der Waals surface area contributed by atoms with Crippen molar-refractivity contribution in [1.29, 1.82) is 0 Å². The number of benzene rings is 1. The molecule has 0 spiro atoms. The molecule has 0 aliphatic rings. The van der Waals surface area contributed by atoms with Crippen molar-refractivity contribution in [1.82, 2.24) is 0 Å². The molecule has 6 heteroatoms. The van der Waals surface area contributed by atoms with Crippen LogP contribution in [0.15, 0.2) is 34.7 Å². The summed E-state index contributed by atoms with van der Waals surface area (Å²) in [6.07, 6.45) is 0. The molecule has 1 aromatic carbocycles. The molecule has 0 radical (unpaired) electrons. The maximum Gasteiger partial charge on any atom is 0.362 e. The highest BCUT2D eigenvalue weighted by Gasteiger charge is 2.08. The Labute approximate surface area is 82.7 Å². The second-order valence-corrected chi connectivity index (χ2v) is 3.10. The maximum atomic E-state index is 11.1. The third-order valence-electron chi connectivity index (χ3n) is 1.58. The van der Waals surface area contributed by atoms with Gasteiger partial charge in [-0.2, -0.15) is 8.42 Å². The lowest BCUT2D eigenvalue weighted by atomic mass is 10.3. The summed E-state index contributed by atoms with van der Waals surface area (Å²) in [7, 11) is -1.25. The molecular weight excluding hydrogens is 204 g/mol. The van der Waals surface area contributed by atoms with Gasteiger partial charge in [0.15, 0.2) is 0 Å². The molecule has 0 aromatic heterocycles. The third kappa shape index (κ3) is 2.67. The number of nitrogens with zero attached hydrogens (tertiary/aromatic N) is 2. The highest BCUT2D eigenvalue weighted by molar-refractivity contribution is 7.62. The van der Waals surface area contributed by atoms with Crippen molar-refractivity contribution in [3.05, 3.63) is 30.3 Å². The topological polar surface area (TPSA) is 66.8 Å². The monoisotopic (exact) mass is 212 g/mol. The molecule has 0 unspecified atom stereocenters. The van der Waals surface area contributed by atoms with Crippen LogP contribution in [0.3, 0.4) is 0 Å². The van der Waals surface area contributed by atoms with E-state index in [-0.39, 0.29) is 0 Å². The van der Waals surface area contributed by atoms with E-state index in [1.165, 1.54) is 7.05 Å². The van der Waals surface area contributed by atoms with Crippen molar-refractivity contribution in [2.45, 2.75) is 0 Å². The first-order chi connectivity index (χ1) is 6.61. The van der Waals surface area contributed by atoms with E-state index in [0.29, 0.717) is 5.69 Å². The molecule has 0 aliphatic carbocycles. The molecule has 0 heterocycles. The van der Waals surface area contributed by atoms with Crippen molar-refractivity contribution in [3.8, 4) is 0 Å². The zero-order valence-corrected chi connectivity index (χ0v) is 8.23. The summed E-state index contributed by atoms with van der Waals surface area (Å²) in [6.45, 7) is 0. The number of carbonyl (C=O) groups is 1. The predicted octanol–water partition coefficient (Wildman–Crippen LogP) is 1.31. The lowest BCUT2D eigenvalue weighted by Gasteiger charge is -2.12. The Hall–Kier alpha value is -1.69. The van der Waals surface area contributed by atoms with E-state index in [2.05, 4.69) is 4.36 Å². The van der Waals surface area contributed by atoms with E-state index in [1.54, 1.807) is 30.3 Å². The van der Waals surface area contributed by atoms with E-state index >= 15 is 0 Å².